The first-order valence-electron chi connectivity index (χ1n) is 9.13. The van der Waals surface area contributed by atoms with E-state index in [4.69, 9.17) is 23.2 Å². The monoisotopic (exact) mass is 424 g/mol. The van der Waals surface area contributed by atoms with Crippen LogP contribution in [0.25, 0.3) is 0 Å². The number of sulfonamides is 1. The molecule has 4 nitrogen and oxygen atoms in total. The number of rotatable bonds is 3. The zero-order chi connectivity index (χ0) is 19.2. The van der Waals surface area contributed by atoms with E-state index in [9.17, 15) is 8.42 Å². The summed E-state index contributed by atoms with van der Waals surface area (Å²) in [5.74, 6) is 0. The van der Waals surface area contributed by atoms with Crippen molar-refractivity contribution in [3.05, 3.63) is 63.1 Å². The Morgan fingerprint density at radius 3 is 2.56 bits per heavy atom. The van der Waals surface area contributed by atoms with E-state index in [0.717, 1.165) is 25.9 Å². The predicted octanol–water partition coefficient (Wildman–Crippen LogP) is 4.12. The fourth-order valence-electron chi connectivity index (χ4n) is 4.02. The molecule has 1 saturated heterocycles. The van der Waals surface area contributed by atoms with Gasteiger partial charge in [0.1, 0.15) is 4.90 Å². The van der Waals surface area contributed by atoms with Crippen LogP contribution >= 0.6 is 23.2 Å². The summed E-state index contributed by atoms with van der Waals surface area (Å²) in [6.07, 6.45) is 1.85. The first kappa shape index (κ1) is 19.2. The smallest absolute Gasteiger partial charge is 0.244 e. The van der Waals surface area contributed by atoms with Crippen LogP contribution in [0.4, 0.5) is 0 Å². The van der Waals surface area contributed by atoms with Crippen LogP contribution in [0.3, 0.4) is 0 Å². The SMILES string of the molecule is Cc1cc(S(=O)(=O)N2CCC(N3CCc4ccccc4C3)C2)c(Cl)cc1Cl. The molecule has 1 unspecified atom stereocenters. The van der Waals surface area contributed by atoms with Crippen LogP contribution in [0, 0.1) is 6.92 Å². The molecule has 2 aromatic carbocycles. The van der Waals surface area contributed by atoms with E-state index in [1.54, 1.807) is 17.3 Å². The Morgan fingerprint density at radius 1 is 1.04 bits per heavy atom. The van der Waals surface area contributed by atoms with Gasteiger partial charge in [0.05, 0.1) is 5.02 Å². The van der Waals surface area contributed by atoms with Crippen LogP contribution in [0.15, 0.2) is 41.3 Å². The lowest BCUT2D eigenvalue weighted by Gasteiger charge is -2.33. The maximum absolute atomic E-state index is 13.1. The van der Waals surface area contributed by atoms with Crippen LogP contribution in [0.1, 0.15) is 23.1 Å². The summed E-state index contributed by atoms with van der Waals surface area (Å²) >= 11 is 12.3. The third-order valence-electron chi connectivity index (χ3n) is 5.63. The first-order chi connectivity index (χ1) is 12.9. The molecule has 0 bridgehead atoms. The van der Waals surface area contributed by atoms with Crippen molar-refractivity contribution >= 4 is 33.2 Å². The van der Waals surface area contributed by atoms with Crippen molar-refractivity contribution in [2.24, 2.45) is 0 Å². The molecule has 2 aliphatic heterocycles. The van der Waals surface area contributed by atoms with Gasteiger partial charge in [-0.3, -0.25) is 4.90 Å². The fourth-order valence-corrected chi connectivity index (χ4v) is 6.32. The van der Waals surface area contributed by atoms with E-state index in [-0.39, 0.29) is 16.0 Å². The fraction of sp³-hybridized carbons (Fsp3) is 0.400. The number of aryl methyl sites for hydroxylation is 1. The van der Waals surface area contributed by atoms with Crippen molar-refractivity contribution in [2.75, 3.05) is 19.6 Å². The lowest BCUT2D eigenvalue weighted by molar-refractivity contribution is 0.185. The number of nitrogens with zero attached hydrogens (tertiary/aromatic N) is 2. The second-order valence-electron chi connectivity index (χ2n) is 7.33. The molecule has 0 aliphatic carbocycles. The van der Waals surface area contributed by atoms with E-state index < -0.39 is 10.0 Å². The van der Waals surface area contributed by atoms with Gasteiger partial charge >= 0.3 is 0 Å². The molecular weight excluding hydrogens is 403 g/mol. The summed E-state index contributed by atoms with van der Waals surface area (Å²) in [7, 11) is -3.62. The summed E-state index contributed by atoms with van der Waals surface area (Å²) in [5, 5.41) is 0.659. The molecule has 0 spiro atoms. The zero-order valence-corrected chi connectivity index (χ0v) is 17.5. The summed E-state index contributed by atoms with van der Waals surface area (Å²) in [6.45, 7) is 4.66. The molecule has 0 amide bonds. The van der Waals surface area contributed by atoms with E-state index in [1.807, 2.05) is 0 Å². The summed E-state index contributed by atoms with van der Waals surface area (Å²) < 4.78 is 27.8. The molecule has 2 aliphatic rings. The quantitative estimate of drug-likeness (QED) is 0.743. The first-order valence-corrected chi connectivity index (χ1v) is 11.3. The van der Waals surface area contributed by atoms with Crippen molar-refractivity contribution in [2.45, 2.75) is 37.2 Å². The third kappa shape index (κ3) is 3.64. The summed E-state index contributed by atoms with van der Waals surface area (Å²) in [5.41, 5.74) is 3.46. The van der Waals surface area contributed by atoms with Crippen molar-refractivity contribution < 1.29 is 8.42 Å². The van der Waals surface area contributed by atoms with Gasteiger partial charge < -0.3 is 0 Å². The molecule has 4 rings (SSSR count). The van der Waals surface area contributed by atoms with Crippen LogP contribution in [0.5, 0.6) is 0 Å². The average molecular weight is 425 g/mol. The second kappa shape index (κ2) is 7.37. The van der Waals surface area contributed by atoms with E-state index >= 15 is 0 Å². The summed E-state index contributed by atoms with van der Waals surface area (Å²) in [4.78, 5) is 2.56. The molecular formula is C20H22Cl2N2O2S. The topological polar surface area (TPSA) is 40.6 Å². The molecule has 144 valence electrons. The normalized spacial score (nSPS) is 21.4. The van der Waals surface area contributed by atoms with Crippen LogP contribution in [0.2, 0.25) is 10.0 Å². The van der Waals surface area contributed by atoms with Crippen molar-refractivity contribution in [3.63, 3.8) is 0 Å². The van der Waals surface area contributed by atoms with Gasteiger partial charge in [-0.25, -0.2) is 8.42 Å². The number of halogens is 2. The highest BCUT2D eigenvalue weighted by Crippen LogP contribution is 2.33. The molecule has 27 heavy (non-hydrogen) atoms. The minimum atomic E-state index is -3.62. The third-order valence-corrected chi connectivity index (χ3v) is 8.37. The maximum atomic E-state index is 13.1. The van der Waals surface area contributed by atoms with E-state index in [0.29, 0.717) is 23.7 Å². The van der Waals surface area contributed by atoms with Crippen molar-refractivity contribution in [1.82, 2.24) is 9.21 Å². The van der Waals surface area contributed by atoms with Gasteiger partial charge in [0, 0.05) is 37.2 Å². The van der Waals surface area contributed by atoms with E-state index in [1.165, 1.54) is 17.2 Å². The Labute approximate surface area is 170 Å². The minimum absolute atomic E-state index is 0.149. The maximum Gasteiger partial charge on any atom is 0.244 e. The van der Waals surface area contributed by atoms with Crippen LogP contribution < -0.4 is 0 Å². The molecule has 2 aromatic rings. The van der Waals surface area contributed by atoms with Gasteiger partial charge in [-0.05, 0) is 48.6 Å². The molecule has 1 atom stereocenters. The molecule has 0 saturated carbocycles. The van der Waals surface area contributed by atoms with E-state index in [2.05, 4.69) is 29.2 Å². The highest BCUT2D eigenvalue weighted by Gasteiger charge is 2.37. The highest BCUT2D eigenvalue weighted by atomic mass is 35.5. The number of hydrogen-bond donors (Lipinski definition) is 0. The van der Waals surface area contributed by atoms with Crippen LogP contribution in [-0.2, 0) is 23.0 Å². The second-order valence-corrected chi connectivity index (χ2v) is 10.0. The van der Waals surface area contributed by atoms with Gasteiger partial charge in [-0.2, -0.15) is 4.31 Å². The Bertz CT molecular complexity index is 978. The van der Waals surface area contributed by atoms with Crippen molar-refractivity contribution in [1.29, 1.82) is 0 Å². The van der Waals surface area contributed by atoms with Gasteiger partial charge in [0.25, 0.3) is 0 Å². The number of benzene rings is 2. The predicted molar refractivity (Wildman–Crippen MR) is 109 cm³/mol. The standard InChI is InChI=1S/C20H22Cl2N2O2S/c1-14-10-20(19(22)11-18(14)21)27(25,26)24-9-7-17(13-24)23-8-6-15-4-2-3-5-16(15)12-23/h2-5,10-11,17H,6-9,12-13H2,1H3. The van der Waals surface area contributed by atoms with Gasteiger partial charge in [-0.15, -0.1) is 0 Å². The Kier molecular flexibility index (Phi) is 5.25. The zero-order valence-electron chi connectivity index (χ0n) is 15.2. The molecule has 0 aromatic heterocycles. The largest absolute Gasteiger partial charge is 0.294 e. The lowest BCUT2D eigenvalue weighted by atomic mass is 9.98. The van der Waals surface area contributed by atoms with Crippen molar-refractivity contribution in [3.8, 4) is 0 Å². The summed E-state index contributed by atoms with van der Waals surface area (Å²) in [6, 6.07) is 11.8. The number of hydrogen-bond acceptors (Lipinski definition) is 3. The Hall–Kier alpha value is -1.11. The van der Waals surface area contributed by atoms with Gasteiger partial charge in [0.2, 0.25) is 10.0 Å². The highest BCUT2D eigenvalue weighted by molar-refractivity contribution is 7.89. The number of fused-ring (bicyclic) bond motifs is 1. The van der Waals surface area contributed by atoms with Crippen LogP contribution in [-0.4, -0.2) is 43.3 Å². The molecule has 0 N–H and O–H groups in total. The average Bonchev–Trinajstić information content (AvgIpc) is 3.15. The minimum Gasteiger partial charge on any atom is -0.294 e. The van der Waals surface area contributed by atoms with Gasteiger partial charge in [-0.1, -0.05) is 47.5 Å². The Balaban J connectivity index is 1.52. The van der Waals surface area contributed by atoms with Gasteiger partial charge in [0.15, 0.2) is 0 Å². The molecule has 0 radical (unpaired) electrons. The lowest BCUT2D eigenvalue weighted by Crippen LogP contribution is -2.41. The molecule has 7 heteroatoms. The Morgan fingerprint density at radius 2 is 1.78 bits per heavy atom. The molecule has 2 heterocycles. The molecule has 1 fully saturated rings.